The summed E-state index contributed by atoms with van der Waals surface area (Å²) < 4.78 is 10.7. The minimum atomic E-state index is -0.279. The zero-order chi connectivity index (χ0) is 29.1. The Morgan fingerprint density at radius 3 is 2.62 bits per heavy atom. The zero-order valence-electron chi connectivity index (χ0n) is 23.0. The molecule has 10 heteroatoms. The molecule has 3 aromatic carbocycles. The van der Waals surface area contributed by atoms with Crippen molar-refractivity contribution in [2.75, 3.05) is 38.7 Å². The SMILES string of the molecule is COc1ncccc1-c1ccc(O)c(-c2nc3ccc(C(=O)Nc4ccc(CC(=O)N5CCOCC5)cc4)cc3[nH]2)c1. The molecule has 10 nitrogen and oxygen atoms in total. The molecular formula is C32H29N5O5. The molecule has 1 aliphatic rings. The van der Waals surface area contributed by atoms with Gasteiger partial charge in [0.2, 0.25) is 11.8 Å². The van der Waals surface area contributed by atoms with Gasteiger partial charge in [-0.15, -0.1) is 0 Å². The molecule has 2 amide bonds. The third kappa shape index (κ3) is 5.65. The maximum absolute atomic E-state index is 13.0. The Hall–Kier alpha value is -5.22. The number of phenols is 1. The van der Waals surface area contributed by atoms with E-state index in [0.717, 1.165) is 16.7 Å². The van der Waals surface area contributed by atoms with E-state index >= 15 is 0 Å². The number of hydrogen-bond donors (Lipinski definition) is 3. The average Bonchev–Trinajstić information content (AvgIpc) is 3.46. The minimum absolute atomic E-state index is 0.0636. The first-order valence-electron chi connectivity index (χ1n) is 13.6. The molecule has 3 heterocycles. The predicted molar refractivity (Wildman–Crippen MR) is 158 cm³/mol. The van der Waals surface area contributed by atoms with Crippen LogP contribution in [0.4, 0.5) is 5.69 Å². The van der Waals surface area contributed by atoms with Gasteiger partial charge in [-0.2, -0.15) is 0 Å². The van der Waals surface area contributed by atoms with E-state index < -0.39 is 0 Å². The lowest BCUT2D eigenvalue weighted by atomic mass is 10.0. The molecule has 1 saturated heterocycles. The van der Waals surface area contributed by atoms with Crippen LogP contribution in [0.5, 0.6) is 11.6 Å². The molecule has 5 aromatic rings. The number of H-pyrrole nitrogens is 1. The summed E-state index contributed by atoms with van der Waals surface area (Å²) in [6.07, 6.45) is 1.96. The Balaban J connectivity index is 1.17. The second-order valence-corrected chi connectivity index (χ2v) is 9.93. The fourth-order valence-electron chi connectivity index (χ4n) is 4.95. The van der Waals surface area contributed by atoms with Crippen LogP contribution in [-0.4, -0.2) is 70.2 Å². The van der Waals surface area contributed by atoms with Gasteiger partial charge in [0, 0.05) is 36.1 Å². The van der Waals surface area contributed by atoms with E-state index in [0.29, 0.717) is 72.3 Å². The van der Waals surface area contributed by atoms with Crippen molar-refractivity contribution in [2.45, 2.75) is 6.42 Å². The highest BCUT2D eigenvalue weighted by Crippen LogP contribution is 2.35. The number of morpholine rings is 1. The van der Waals surface area contributed by atoms with Gasteiger partial charge in [0.1, 0.15) is 11.6 Å². The van der Waals surface area contributed by atoms with Gasteiger partial charge in [-0.3, -0.25) is 9.59 Å². The summed E-state index contributed by atoms with van der Waals surface area (Å²) >= 11 is 0. The van der Waals surface area contributed by atoms with Crippen LogP contribution in [-0.2, 0) is 16.0 Å². The number of phenolic OH excluding ortho intramolecular Hbond substituents is 1. The molecule has 0 spiro atoms. The maximum atomic E-state index is 13.0. The van der Waals surface area contributed by atoms with E-state index in [2.05, 4.69) is 20.3 Å². The number of fused-ring (bicyclic) bond motifs is 1. The largest absolute Gasteiger partial charge is 0.507 e. The normalized spacial score (nSPS) is 13.2. The number of pyridine rings is 1. The zero-order valence-corrected chi connectivity index (χ0v) is 23.0. The number of aromatic nitrogens is 3. The topological polar surface area (TPSA) is 130 Å². The van der Waals surface area contributed by atoms with Crippen molar-refractivity contribution in [3.05, 3.63) is 90.1 Å². The van der Waals surface area contributed by atoms with E-state index in [-0.39, 0.29) is 17.6 Å². The number of carbonyl (C=O) groups is 2. The average molecular weight is 564 g/mol. The molecule has 1 fully saturated rings. The highest BCUT2D eigenvalue weighted by atomic mass is 16.5. The second-order valence-electron chi connectivity index (χ2n) is 9.93. The van der Waals surface area contributed by atoms with E-state index in [1.54, 1.807) is 55.8 Å². The standard InChI is InChI=1S/C32H29N5O5/c1-41-32-24(3-2-12-33-32)21-7-11-28(38)25(18-21)30-35-26-10-6-22(19-27(26)36-30)31(40)34-23-8-4-20(5-9-23)17-29(39)37-13-15-42-16-14-37/h2-12,18-19,38H,13-17H2,1H3,(H,34,40)(H,35,36). The molecule has 0 atom stereocenters. The van der Waals surface area contributed by atoms with Gasteiger partial charge < -0.3 is 29.8 Å². The molecule has 0 unspecified atom stereocenters. The molecule has 1 aliphatic heterocycles. The van der Waals surface area contributed by atoms with Gasteiger partial charge in [-0.05, 0) is 65.7 Å². The van der Waals surface area contributed by atoms with Crippen LogP contribution in [0.2, 0.25) is 0 Å². The fourth-order valence-corrected chi connectivity index (χ4v) is 4.95. The number of nitrogens with one attached hydrogen (secondary N) is 2. The van der Waals surface area contributed by atoms with Gasteiger partial charge in [0.05, 0.1) is 43.3 Å². The molecule has 3 N–H and O–H groups in total. The fraction of sp³-hybridized carbons (Fsp3) is 0.188. The number of imidazole rings is 1. The van der Waals surface area contributed by atoms with E-state index in [4.69, 9.17) is 9.47 Å². The van der Waals surface area contributed by atoms with Gasteiger partial charge >= 0.3 is 0 Å². The Morgan fingerprint density at radius 1 is 1.02 bits per heavy atom. The number of anilines is 1. The predicted octanol–water partition coefficient (Wildman–Crippen LogP) is 4.66. The Morgan fingerprint density at radius 2 is 1.83 bits per heavy atom. The summed E-state index contributed by atoms with van der Waals surface area (Å²) in [5, 5.41) is 13.5. The number of ether oxygens (including phenoxy) is 2. The van der Waals surface area contributed by atoms with Crippen LogP contribution in [0, 0.1) is 0 Å². The van der Waals surface area contributed by atoms with Crippen LogP contribution in [0.3, 0.4) is 0 Å². The third-order valence-electron chi connectivity index (χ3n) is 7.20. The van der Waals surface area contributed by atoms with Crippen LogP contribution in [0.15, 0.2) is 79.0 Å². The van der Waals surface area contributed by atoms with Gasteiger partial charge in [0.25, 0.3) is 5.91 Å². The van der Waals surface area contributed by atoms with Crippen LogP contribution < -0.4 is 10.1 Å². The summed E-state index contributed by atoms with van der Waals surface area (Å²) in [5.74, 6) is 0.795. The van der Waals surface area contributed by atoms with Crippen molar-refractivity contribution in [1.29, 1.82) is 0 Å². The smallest absolute Gasteiger partial charge is 0.255 e. The number of carbonyl (C=O) groups excluding carboxylic acids is 2. The molecule has 2 aromatic heterocycles. The Bertz CT molecular complexity index is 1760. The monoisotopic (exact) mass is 563 g/mol. The first-order valence-corrected chi connectivity index (χ1v) is 13.6. The number of benzene rings is 3. The molecule has 6 rings (SSSR count). The number of amides is 2. The molecule has 0 bridgehead atoms. The lowest BCUT2D eigenvalue weighted by molar-refractivity contribution is -0.134. The lowest BCUT2D eigenvalue weighted by Gasteiger charge is -2.26. The summed E-state index contributed by atoms with van der Waals surface area (Å²) in [4.78, 5) is 39.5. The molecule has 0 aliphatic carbocycles. The second kappa shape index (κ2) is 11.7. The summed E-state index contributed by atoms with van der Waals surface area (Å²) in [5.41, 5.74) is 5.36. The summed E-state index contributed by atoms with van der Waals surface area (Å²) in [7, 11) is 1.56. The number of nitrogens with zero attached hydrogens (tertiary/aromatic N) is 3. The lowest BCUT2D eigenvalue weighted by Crippen LogP contribution is -2.41. The van der Waals surface area contributed by atoms with E-state index in [1.807, 2.05) is 35.2 Å². The molecule has 42 heavy (non-hydrogen) atoms. The Kier molecular flexibility index (Phi) is 7.52. The van der Waals surface area contributed by atoms with Crippen LogP contribution >= 0.6 is 0 Å². The van der Waals surface area contributed by atoms with Gasteiger partial charge in [-0.25, -0.2) is 9.97 Å². The van der Waals surface area contributed by atoms with Crippen molar-refractivity contribution < 1.29 is 24.2 Å². The third-order valence-corrected chi connectivity index (χ3v) is 7.20. The van der Waals surface area contributed by atoms with Crippen LogP contribution in [0.1, 0.15) is 15.9 Å². The number of methoxy groups -OCH3 is 1. The number of rotatable bonds is 7. The van der Waals surface area contributed by atoms with E-state index in [1.165, 1.54) is 0 Å². The maximum Gasteiger partial charge on any atom is 0.255 e. The van der Waals surface area contributed by atoms with Gasteiger partial charge in [-0.1, -0.05) is 18.2 Å². The summed E-state index contributed by atoms with van der Waals surface area (Å²) in [6, 6.07) is 21.4. The van der Waals surface area contributed by atoms with Crippen molar-refractivity contribution in [2.24, 2.45) is 0 Å². The first-order chi connectivity index (χ1) is 20.5. The molecule has 212 valence electrons. The Labute approximate surface area is 242 Å². The molecule has 0 radical (unpaired) electrons. The highest BCUT2D eigenvalue weighted by molar-refractivity contribution is 6.06. The van der Waals surface area contributed by atoms with Gasteiger partial charge in [0.15, 0.2) is 0 Å². The molecular weight excluding hydrogens is 534 g/mol. The number of aromatic hydroxyl groups is 1. The minimum Gasteiger partial charge on any atom is -0.507 e. The quantitative estimate of drug-likeness (QED) is 0.263. The highest BCUT2D eigenvalue weighted by Gasteiger charge is 2.18. The summed E-state index contributed by atoms with van der Waals surface area (Å²) in [6.45, 7) is 2.37. The van der Waals surface area contributed by atoms with E-state index in [9.17, 15) is 14.7 Å². The van der Waals surface area contributed by atoms with Crippen molar-refractivity contribution in [3.8, 4) is 34.1 Å². The van der Waals surface area contributed by atoms with Crippen molar-refractivity contribution in [1.82, 2.24) is 19.9 Å². The van der Waals surface area contributed by atoms with Crippen molar-refractivity contribution in [3.63, 3.8) is 0 Å². The molecule has 0 saturated carbocycles. The first kappa shape index (κ1) is 27.0. The van der Waals surface area contributed by atoms with Crippen molar-refractivity contribution >= 4 is 28.5 Å². The number of hydrogen-bond acceptors (Lipinski definition) is 7. The van der Waals surface area contributed by atoms with Crippen LogP contribution in [0.25, 0.3) is 33.5 Å². The number of aromatic amines is 1.